The molecule has 1 N–H and O–H groups in total. The zero-order chi connectivity index (χ0) is 12.1. The minimum Gasteiger partial charge on any atom is -0.344 e. The van der Waals surface area contributed by atoms with Gasteiger partial charge in [-0.05, 0) is 12.3 Å². The molecule has 1 fully saturated rings. The van der Waals surface area contributed by atoms with E-state index in [1.807, 2.05) is 13.8 Å². The molecule has 0 radical (unpaired) electrons. The van der Waals surface area contributed by atoms with Gasteiger partial charge >= 0.3 is 0 Å². The van der Waals surface area contributed by atoms with Crippen LogP contribution in [0.2, 0.25) is 0 Å². The summed E-state index contributed by atoms with van der Waals surface area (Å²) in [6, 6.07) is -0.414. The molecular weight excluding hydrogens is 204 g/mol. The zero-order valence-corrected chi connectivity index (χ0v) is 9.82. The van der Waals surface area contributed by atoms with E-state index in [-0.39, 0.29) is 18.4 Å². The van der Waals surface area contributed by atoms with Gasteiger partial charge in [0.05, 0.1) is 6.54 Å². The van der Waals surface area contributed by atoms with E-state index in [9.17, 15) is 9.59 Å². The quantitative estimate of drug-likeness (QED) is 0.702. The Bertz CT molecular complexity index is 317. The first-order chi connectivity index (χ1) is 7.54. The number of carbonyl (C=O) groups excluding carboxylic acids is 2. The SMILES string of the molecule is C#CCN1CCC(=O)NC(CC(C)C)C1=O. The van der Waals surface area contributed by atoms with Crippen molar-refractivity contribution in [3.8, 4) is 12.3 Å². The Morgan fingerprint density at radius 2 is 2.25 bits per heavy atom. The van der Waals surface area contributed by atoms with Gasteiger partial charge < -0.3 is 10.2 Å². The monoisotopic (exact) mass is 222 g/mol. The van der Waals surface area contributed by atoms with Gasteiger partial charge in [-0.2, -0.15) is 0 Å². The molecule has 1 rings (SSSR count). The molecule has 1 heterocycles. The van der Waals surface area contributed by atoms with Gasteiger partial charge in [0.1, 0.15) is 6.04 Å². The van der Waals surface area contributed by atoms with Crippen LogP contribution in [-0.2, 0) is 9.59 Å². The van der Waals surface area contributed by atoms with Crippen LogP contribution in [0.5, 0.6) is 0 Å². The number of nitrogens with one attached hydrogen (secondary N) is 1. The molecule has 1 atom stereocenters. The predicted molar refractivity (Wildman–Crippen MR) is 61.4 cm³/mol. The number of hydrogen-bond acceptors (Lipinski definition) is 2. The predicted octanol–water partition coefficient (Wildman–Crippen LogP) is 0.383. The van der Waals surface area contributed by atoms with Crippen LogP contribution in [0, 0.1) is 18.3 Å². The first-order valence-electron chi connectivity index (χ1n) is 5.56. The molecule has 4 heteroatoms. The van der Waals surface area contributed by atoms with Gasteiger partial charge in [0, 0.05) is 13.0 Å². The Morgan fingerprint density at radius 3 is 2.81 bits per heavy atom. The van der Waals surface area contributed by atoms with Crippen molar-refractivity contribution < 1.29 is 9.59 Å². The van der Waals surface area contributed by atoms with E-state index in [0.717, 1.165) is 0 Å². The molecule has 16 heavy (non-hydrogen) atoms. The molecule has 0 aromatic rings. The Morgan fingerprint density at radius 1 is 1.56 bits per heavy atom. The maximum atomic E-state index is 12.0. The van der Waals surface area contributed by atoms with Crippen molar-refractivity contribution in [2.45, 2.75) is 32.7 Å². The first-order valence-corrected chi connectivity index (χ1v) is 5.56. The van der Waals surface area contributed by atoms with Crippen LogP contribution in [-0.4, -0.2) is 35.8 Å². The Kier molecular flexibility index (Phi) is 4.36. The van der Waals surface area contributed by atoms with Crippen LogP contribution in [0.15, 0.2) is 0 Å². The van der Waals surface area contributed by atoms with Crippen molar-refractivity contribution >= 4 is 11.8 Å². The third kappa shape index (κ3) is 3.27. The molecule has 2 amide bonds. The number of hydrogen-bond donors (Lipinski definition) is 1. The fraction of sp³-hybridized carbons (Fsp3) is 0.667. The highest BCUT2D eigenvalue weighted by atomic mass is 16.2. The second kappa shape index (κ2) is 5.55. The lowest BCUT2D eigenvalue weighted by Crippen LogP contribution is -2.45. The fourth-order valence-electron chi connectivity index (χ4n) is 1.79. The van der Waals surface area contributed by atoms with Crippen molar-refractivity contribution in [1.29, 1.82) is 0 Å². The largest absolute Gasteiger partial charge is 0.344 e. The van der Waals surface area contributed by atoms with Crippen LogP contribution in [0.3, 0.4) is 0 Å². The van der Waals surface area contributed by atoms with E-state index in [1.165, 1.54) is 0 Å². The summed E-state index contributed by atoms with van der Waals surface area (Å²) in [6.07, 6.45) is 6.20. The van der Waals surface area contributed by atoms with Crippen LogP contribution in [0.25, 0.3) is 0 Å². The van der Waals surface area contributed by atoms with Crippen molar-refractivity contribution in [3.63, 3.8) is 0 Å². The third-order valence-corrected chi connectivity index (χ3v) is 2.54. The molecule has 1 saturated heterocycles. The Hall–Kier alpha value is -1.50. The molecule has 0 aliphatic carbocycles. The van der Waals surface area contributed by atoms with E-state index >= 15 is 0 Å². The highest BCUT2D eigenvalue weighted by Crippen LogP contribution is 2.11. The zero-order valence-electron chi connectivity index (χ0n) is 9.82. The van der Waals surface area contributed by atoms with Gasteiger partial charge in [-0.15, -0.1) is 6.42 Å². The van der Waals surface area contributed by atoms with Crippen molar-refractivity contribution in [2.24, 2.45) is 5.92 Å². The van der Waals surface area contributed by atoms with Gasteiger partial charge in [0.25, 0.3) is 0 Å². The van der Waals surface area contributed by atoms with Gasteiger partial charge in [0.2, 0.25) is 11.8 Å². The first kappa shape index (κ1) is 12.6. The maximum absolute atomic E-state index is 12.0. The lowest BCUT2D eigenvalue weighted by Gasteiger charge is -2.23. The highest BCUT2D eigenvalue weighted by molar-refractivity contribution is 5.90. The Balaban J connectivity index is 2.76. The maximum Gasteiger partial charge on any atom is 0.245 e. The molecule has 0 aromatic carbocycles. The second-order valence-electron chi connectivity index (χ2n) is 4.46. The van der Waals surface area contributed by atoms with Gasteiger partial charge in [-0.25, -0.2) is 0 Å². The number of nitrogens with zero attached hydrogens (tertiary/aromatic N) is 1. The molecular formula is C12H18N2O2. The summed E-state index contributed by atoms with van der Waals surface area (Å²) < 4.78 is 0. The fourth-order valence-corrected chi connectivity index (χ4v) is 1.79. The molecule has 1 aliphatic rings. The number of terminal acetylenes is 1. The molecule has 0 saturated carbocycles. The minimum atomic E-state index is -0.414. The molecule has 0 bridgehead atoms. The average Bonchev–Trinajstić information content (AvgIpc) is 2.31. The van der Waals surface area contributed by atoms with E-state index in [1.54, 1.807) is 4.90 Å². The van der Waals surface area contributed by atoms with E-state index in [2.05, 4.69) is 11.2 Å². The van der Waals surface area contributed by atoms with Gasteiger partial charge in [0.15, 0.2) is 0 Å². The van der Waals surface area contributed by atoms with Crippen molar-refractivity contribution in [2.75, 3.05) is 13.1 Å². The van der Waals surface area contributed by atoms with E-state index < -0.39 is 6.04 Å². The van der Waals surface area contributed by atoms with Crippen molar-refractivity contribution in [1.82, 2.24) is 10.2 Å². The normalized spacial score (nSPS) is 21.6. The Labute approximate surface area is 96.4 Å². The summed E-state index contributed by atoms with van der Waals surface area (Å²) in [4.78, 5) is 25.0. The molecule has 1 aliphatic heterocycles. The second-order valence-corrected chi connectivity index (χ2v) is 4.46. The summed E-state index contributed by atoms with van der Waals surface area (Å²) in [5.41, 5.74) is 0. The summed E-state index contributed by atoms with van der Waals surface area (Å²) in [6.45, 7) is 4.75. The van der Waals surface area contributed by atoms with Gasteiger partial charge in [-0.3, -0.25) is 9.59 Å². The number of amides is 2. The number of carbonyl (C=O) groups is 2. The van der Waals surface area contributed by atoms with Crippen LogP contribution >= 0.6 is 0 Å². The summed E-state index contributed by atoms with van der Waals surface area (Å²) >= 11 is 0. The van der Waals surface area contributed by atoms with Crippen LogP contribution < -0.4 is 5.32 Å². The lowest BCUT2D eigenvalue weighted by molar-refractivity contribution is -0.133. The highest BCUT2D eigenvalue weighted by Gasteiger charge is 2.29. The summed E-state index contributed by atoms with van der Waals surface area (Å²) in [5.74, 6) is 2.68. The third-order valence-electron chi connectivity index (χ3n) is 2.54. The average molecular weight is 222 g/mol. The topological polar surface area (TPSA) is 49.4 Å². The van der Waals surface area contributed by atoms with E-state index in [4.69, 9.17) is 6.42 Å². The minimum absolute atomic E-state index is 0.0579. The van der Waals surface area contributed by atoms with Crippen molar-refractivity contribution in [3.05, 3.63) is 0 Å². The standard InChI is InChI=1S/C12H18N2O2/c1-4-6-14-7-5-11(15)13-10(12(14)16)8-9(2)3/h1,9-10H,5-8H2,2-3H3,(H,13,15). The smallest absolute Gasteiger partial charge is 0.245 e. The molecule has 1 unspecified atom stereocenters. The summed E-state index contributed by atoms with van der Waals surface area (Å²) in [5, 5.41) is 2.75. The number of rotatable bonds is 3. The van der Waals surface area contributed by atoms with Gasteiger partial charge in [-0.1, -0.05) is 19.8 Å². The molecule has 0 spiro atoms. The molecule has 88 valence electrons. The summed E-state index contributed by atoms with van der Waals surface area (Å²) in [7, 11) is 0. The van der Waals surface area contributed by atoms with E-state index in [0.29, 0.717) is 25.3 Å². The lowest BCUT2D eigenvalue weighted by atomic mass is 10.0. The van der Waals surface area contributed by atoms with Crippen LogP contribution in [0.4, 0.5) is 0 Å². The molecule has 0 aromatic heterocycles. The van der Waals surface area contributed by atoms with Crippen LogP contribution in [0.1, 0.15) is 26.7 Å². The molecule has 4 nitrogen and oxygen atoms in total.